The lowest BCUT2D eigenvalue weighted by atomic mass is 9.93. The Morgan fingerprint density at radius 3 is 2.56 bits per heavy atom. The number of hydrogen-bond donors (Lipinski definition) is 1. The molecule has 0 aliphatic rings. The molecule has 0 atom stereocenters. The number of nitrogens with one attached hydrogen (secondary N) is 1. The SMILES string of the molecule is COc1ccc(CNCC(C)(C)CN(C)C)cn1. The van der Waals surface area contributed by atoms with Gasteiger partial charge in [-0.3, -0.25) is 0 Å². The fourth-order valence-electron chi connectivity index (χ4n) is 2.09. The Morgan fingerprint density at radius 2 is 2.06 bits per heavy atom. The molecule has 1 N–H and O–H groups in total. The lowest BCUT2D eigenvalue weighted by molar-refractivity contribution is 0.232. The lowest BCUT2D eigenvalue weighted by Crippen LogP contribution is -2.37. The van der Waals surface area contributed by atoms with Crippen molar-refractivity contribution < 1.29 is 4.74 Å². The van der Waals surface area contributed by atoms with Crippen LogP contribution in [0.5, 0.6) is 5.88 Å². The topological polar surface area (TPSA) is 37.4 Å². The lowest BCUT2D eigenvalue weighted by Gasteiger charge is -2.28. The highest BCUT2D eigenvalue weighted by Gasteiger charge is 2.17. The van der Waals surface area contributed by atoms with Crippen molar-refractivity contribution >= 4 is 0 Å². The molecule has 0 spiro atoms. The predicted molar refractivity (Wildman–Crippen MR) is 74.8 cm³/mol. The summed E-state index contributed by atoms with van der Waals surface area (Å²) in [6.07, 6.45) is 1.85. The van der Waals surface area contributed by atoms with Crippen LogP contribution in [0.2, 0.25) is 0 Å². The van der Waals surface area contributed by atoms with Gasteiger partial charge < -0.3 is 15.0 Å². The van der Waals surface area contributed by atoms with E-state index in [1.54, 1.807) is 7.11 Å². The van der Waals surface area contributed by atoms with Gasteiger partial charge in [0.2, 0.25) is 5.88 Å². The molecule has 1 aromatic heterocycles. The Labute approximate surface area is 110 Å². The molecule has 0 aromatic carbocycles. The number of nitrogens with zero attached hydrogens (tertiary/aromatic N) is 2. The maximum Gasteiger partial charge on any atom is 0.212 e. The first-order chi connectivity index (χ1) is 8.43. The number of pyridine rings is 1. The Morgan fingerprint density at radius 1 is 1.33 bits per heavy atom. The third kappa shape index (κ3) is 5.47. The van der Waals surface area contributed by atoms with Crippen LogP contribution in [-0.4, -0.2) is 44.2 Å². The number of ether oxygens (including phenoxy) is 1. The minimum Gasteiger partial charge on any atom is -0.481 e. The second-order valence-electron chi connectivity index (χ2n) is 5.71. The van der Waals surface area contributed by atoms with E-state index in [2.05, 4.69) is 43.1 Å². The average Bonchev–Trinajstić information content (AvgIpc) is 2.28. The fourth-order valence-corrected chi connectivity index (χ4v) is 2.09. The minimum atomic E-state index is 0.267. The zero-order valence-corrected chi connectivity index (χ0v) is 12.2. The summed E-state index contributed by atoms with van der Waals surface area (Å²) in [7, 11) is 5.84. The van der Waals surface area contributed by atoms with E-state index in [1.807, 2.05) is 18.3 Å². The smallest absolute Gasteiger partial charge is 0.212 e. The van der Waals surface area contributed by atoms with E-state index in [0.29, 0.717) is 5.88 Å². The van der Waals surface area contributed by atoms with Gasteiger partial charge in [-0.2, -0.15) is 0 Å². The van der Waals surface area contributed by atoms with Crippen LogP contribution < -0.4 is 10.1 Å². The van der Waals surface area contributed by atoms with E-state index in [-0.39, 0.29) is 5.41 Å². The number of hydrogen-bond acceptors (Lipinski definition) is 4. The summed E-state index contributed by atoms with van der Waals surface area (Å²) in [5.41, 5.74) is 1.44. The molecule has 0 aliphatic carbocycles. The normalized spacial score (nSPS) is 11.9. The summed E-state index contributed by atoms with van der Waals surface area (Å²) in [4.78, 5) is 6.41. The van der Waals surface area contributed by atoms with Crippen LogP contribution in [0.15, 0.2) is 18.3 Å². The third-order valence-corrected chi connectivity index (χ3v) is 2.68. The van der Waals surface area contributed by atoms with E-state index >= 15 is 0 Å². The third-order valence-electron chi connectivity index (χ3n) is 2.68. The molecule has 0 aliphatic heterocycles. The molecular formula is C14H25N3O. The van der Waals surface area contributed by atoms with Gasteiger partial charge in [0.05, 0.1) is 7.11 Å². The first-order valence-electron chi connectivity index (χ1n) is 6.27. The molecule has 4 heteroatoms. The molecule has 102 valence electrons. The summed E-state index contributed by atoms with van der Waals surface area (Å²) in [6, 6.07) is 3.93. The van der Waals surface area contributed by atoms with E-state index in [4.69, 9.17) is 4.74 Å². The number of aromatic nitrogens is 1. The van der Waals surface area contributed by atoms with E-state index in [0.717, 1.165) is 19.6 Å². The van der Waals surface area contributed by atoms with Crippen molar-refractivity contribution in [2.24, 2.45) is 5.41 Å². The van der Waals surface area contributed by atoms with Crippen molar-refractivity contribution in [1.82, 2.24) is 15.2 Å². The highest BCUT2D eigenvalue weighted by molar-refractivity contribution is 5.17. The predicted octanol–water partition coefficient (Wildman–Crippen LogP) is 1.77. The number of methoxy groups -OCH3 is 1. The summed E-state index contributed by atoms with van der Waals surface area (Å²) < 4.78 is 5.03. The summed E-state index contributed by atoms with van der Waals surface area (Å²) in [5, 5.41) is 3.48. The molecule has 4 nitrogen and oxygen atoms in total. The first-order valence-corrected chi connectivity index (χ1v) is 6.27. The summed E-state index contributed by atoms with van der Waals surface area (Å²) >= 11 is 0. The molecule has 18 heavy (non-hydrogen) atoms. The molecule has 1 rings (SSSR count). The van der Waals surface area contributed by atoms with Crippen LogP contribution in [0.25, 0.3) is 0 Å². The summed E-state index contributed by atoms with van der Waals surface area (Å²) in [5.74, 6) is 0.659. The van der Waals surface area contributed by atoms with Crippen LogP contribution in [0, 0.1) is 5.41 Å². The van der Waals surface area contributed by atoms with Gasteiger partial charge >= 0.3 is 0 Å². The molecule has 1 heterocycles. The molecular weight excluding hydrogens is 226 g/mol. The first kappa shape index (κ1) is 14.9. The van der Waals surface area contributed by atoms with Crippen molar-refractivity contribution in [3.8, 4) is 5.88 Å². The maximum atomic E-state index is 5.03. The van der Waals surface area contributed by atoms with Gasteiger partial charge in [-0.05, 0) is 25.1 Å². The fraction of sp³-hybridized carbons (Fsp3) is 0.643. The van der Waals surface area contributed by atoms with Gasteiger partial charge in [0, 0.05) is 31.9 Å². The van der Waals surface area contributed by atoms with Crippen LogP contribution >= 0.6 is 0 Å². The van der Waals surface area contributed by atoms with Gasteiger partial charge in [-0.25, -0.2) is 4.98 Å². The zero-order chi connectivity index (χ0) is 13.6. The molecule has 0 amide bonds. The quantitative estimate of drug-likeness (QED) is 0.801. The van der Waals surface area contributed by atoms with Crippen molar-refractivity contribution in [2.45, 2.75) is 20.4 Å². The molecule has 1 aromatic rings. The number of rotatable bonds is 7. The largest absolute Gasteiger partial charge is 0.481 e. The molecule has 0 unspecified atom stereocenters. The van der Waals surface area contributed by atoms with Crippen LogP contribution in [0.1, 0.15) is 19.4 Å². The molecule has 0 saturated carbocycles. The standard InChI is InChI=1S/C14H25N3O/c1-14(2,11-17(3)4)10-15-8-12-6-7-13(18-5)16-9-12/h6-7,9,15H,8,10-11H2,1-5H3. The van der Waals surface area contributed by atoms with Crippen LogP contribution in [0.3, 0.4) is 0 Å². The van der Waals surface area contributed by atoms with Crippen molar-refractivity contribution in [2.75, 3.05) is 34.3 Å². The van der Waals surface area contributed by atoms with Crippen molar-refractivity contribution in [3.63, 3.8) is 0 Å². The van der Waals surface area contributed by atoms with Gasteiger partial charge in [0.1, 0.15) is 0 Å². The molecule has 0 saturated heterocycles. The van der Waals surface area contributed by atoms with Gasteiger partial charge in [0.15, 0.2) is 0 Å². The highest BCUT2D eigenvalue weighted by Crippen LogP contribution is 2.14. The van der Waals surface area contributed by atoms with E-state index in [1.165, 1.54) is 5.56 Å². The monoisotopic (exact) mass is 251 g/mol. The average molecular weight is 251 g/mol. The Bertz CT molecular complexity index is 347. The van der Waals surface area contributed by atoms with Gasteiger partial charge in [-0.1, -0.05) is 19.9 Å². The Balaban J connectivity index is 2.36. The molecule has 0 bridgehead atoms. The maximum absolute atomic E-state index is 5.03. The molecule has 0 fully saturated rings. The Kier molecular flexibility index (Phi) is 5.56. The molecule has 0 radical (unpaired) electrons. The Hall–Kier alpha value is -1.13. The van der Waals surface area contributed by atoms with Crippen molar-refractivity contribution in [3.05, 3.63) is 23.9 Å². The van der Waals surface area contributed by atoms with E-state index in [9.17, 15) is 0 Å². The van der Waals surface area contributed by atoms with Crippen molar-refractivity contribution in [1.29, 1.82) is 0 Å². The minimum absolute atomic E-state index is 0.267. The second-order valence-corrected chi connectivity index (χ2v) is 5.71. The van der Waals surface area contributed by atoms with Crippen LogP contribution in [-0.2, 0) is 6.54 Å². The summed E-state index contributed by atoms with van der Waals surface area (Å²) in [6.45, 7) is 7.43. The van der Waals surface area contributed by atoms with E-state index < -0.39 is 0 Å². The van der Waals surface area contributed by atoms with Gasteiger partial charge in [0.25, 0.3) is 0 Å². The van der Waals surface area contributed by atoms with Gasteiger partial charge in [-0.15, -0.1) is 0 Å². The highest BCUT2D eigenvalue weighted by atomic mass is 16.5. The second kappa shape index (κ2) is 6.71. The zero-order valence-electron chi connectivity index (χ0n) is 12.2. The van der Waals surface area contributed by atoms with Crippen LogP contribution in [0.4, 0.5) is 0 Å².